The Labute approximate surface area is 76.3 Å². The molecule has 72 valence electrons. The lowest BCUT2D eigenvalue weighted by atomic mass is 9.95. The molecule has 0 atom stereocenters. The van der Waals surface area contributed by atoms with Crippen molar-refractivity contribution in [3.63, 3.8) is 0 Å². The third kappa shape index (κ3) is 4.07. The molecule has 12 heavy (non-hydrogen) atoms. The second kappa shape index (κ2) is 5.55. The van der Waals surface area contributed by atoms with Crippen molar-refractivity contribution < 1.29 is 0 Å². The average molecular weight is 170 g/mol. The largest absolute Gasteiger partial charge is 0.313 e. The Morgan fingerprint density at radius 3 is 2.42 bits per heavy atom. The maximum absolute atomic E-state index is 3.61. The first-order valence-electron chi connectivity index (χ1n) is 5.17. The standard InChI is InChI=1S/C10H22N2/c1-12(2)9-8-11-10-6-4-3-5-7-10/h10-11H,3-9H2,1-2H3. The topological polar surface area (TPSA) is 15.3 Å². The van der Waals surface area contributed by atoms with Gasteiger partial charge in [0.05, 0.1) is 0 Å². The fourth-order valence-electron chi connectivity index (χ4n) is 1.80. The monoisotopic (exact) mass is 170 g/mol. The van der Waals surface area contributed by atoms with E-state index in [9.17, 15) is 0 Å². The minimum absolute atomic E-state index is 0.818. The highest BCUT2D eigenvalue weighted by Gasteiger charge is 2.11. The lowest BCUT2D eigenvalue weighted by Gasteiger charge is -2.23. The quantitative estimate of drug-likeness (QED) is 0.687. The van der Waals surface area contributed by atoms with E-state index in [1.165, 1.54) is 32.1 Å². The van der Waals surface area contributed by atoms with Gasteiger partial charge in [-0.1, -0.05) is 19.3 Å². The van der Waals surface area contributed by atoms with Gasteiger partial charge in [0.25, 0.3) is 0 Å². The Morgan fingerprint density at radius 1 is 1.17 bits per heavy atom. The molecule has 1 aliphatic rings. The van der Waals surface area contributed by atoms with Gasteiger partial charge < -0.3 is 10.2 Å². The van der Waals surface area contributed by atoms with E-state index in [0.29, 0.717) is 0 Å². The normalized spacial score (nSPS) is 20.2. The molecule has 0 unspecified atom stereocenters. The molecule has 2 heteroatoms. The molecule has 2 nitrogen and oxygen atoms in total. The molecule has 0 aromatic heterocycles. The molecule has 1 saturated carbocycles. The van der Waals surface area contributed by atoms with Crippen LogP contribution in [0, 0.1) is 0 Å². The third-order valence-electron chi connectivity index (χ3n) is 2.60. The zero-order chi connectivity index (χ0) is 8.81. The number of hydrogen-bond donors (Lipinski definition) is 1. The van der Waals surface area contributed by atoms with Gasteiger partial charge in [0, 0.05) is 19.1 Å². The molecule has 1 rings (SSSR count). The van der Waals surface area contributed by atoms with E-state index in [4.69, 9.17) is 0 Å². The minimum Gasteiger partial charge on any atom is -0.313 e. The molecule has 0 bridgehead atoms. The minimum atomic E-state index is 0.818. The summed E-state index contributed by atoms with van der Waals surface area (Å²) in [4.78, 5) is 2.23. The van der Waals surface area contributed by atoms with E-state index in [0.717, 1.165) is 19.1 Å². The third-order valence-corrected chi connectivity index (χ3v) is 2.60. The van der Waals surface area contributed by atoms with Gasteiger partial charge >= 0.3 is 0 Å². The van der Waals surface area contributed by atoms with Gasteiger partial charge in [0.15, 0.2) is 0 Å². The van der Waals surface area contributed by atoms with E-state index in [-0.39, 0.29) is 0 Å². The van der Waals surface area contributed by atoms with Crippen LogP contribution in [0.25, 0.3) is 0 Å². The van der Waals surface area contributed by atoms with Crippen molar-refractivity contribution in [1.29, 1.82) is 0 Å². The molecule has 0 aromatic rings. The lowest BCUT2D eigenvalue weighted by molar-refractivity contribution is 0.340. The highest BCUT2D eigenvalue weighted by molar-refractivity contribution is 4.71. The van der Waals surface area contributed by atoms with Crippen molar-refractivity contribution in [3.05, 3.63) is 0 Å². The molecule has 0 amide bonds. The Kier molecular flexibility index (Phi) is 4.62. The first-order chi connectivity index (χ1) is 5.79. The van der Waals surface area contributed by atoms with E-state index in [2.05, 4.69) is 24.3 Å². The average Bonchev–Trinajstić information content (AvgIpc) is 2.05. The van der Waals surface area contributed by atoms with Crippen LogP contribution >= 0.6 is 0 Å². The molecule has 1 aliphatic carbocycles. The molecule has 0 aliphatic heterocycles. The Morgan fingerprint density at radius 2 is 1.83 bits per heavy atom. The summed E-state index contributed by atoms with van der Waals surface area (Å²) >= 11 is 0. The first kappa shape index (κ1) is 10.0. The van der Waals surface area contributed by atoms with Gasteiger partial charge in [-0.05, 0) is 26.9 Å². The van der Waals surface area contributed by atoms with E-state index in [1.54, 1.807) is 0 Å². The fraction of sp³-hybridized carbons (Fsp3) is 1.00. The van der Waals surface area contributed by atoms with Crippen LogP contribution in [0.5, 0.6) is 0 Å². The Hall–Kier alpha value is -0.0800. The van der Waals surface area contributed by atoms with Crippen molar-refractivity contribution >= 4 is 0 Å². The van der Waals surface area contributed by atoms with Gasteiger partial charge in [-0.15, -0.1) is 0 Å². The highest BCUT2D eigenvalue weighted by atomic mass is 15.1. The highest BCUT2D eigenvalue weighted by Crippen LogP contribution is 2.16. The summed E-state index contributed by atoms with van der Waals surface area (Å²) in [6.07, 6.45) is 7.10. The van der Waals surface area contributed by atoms with Crippen LogP contribution < -0.4 is 5.32 Å². The zero-order valence-corrected chi connectivity index (χ0v) is 8.47. The summed E-state index contributed by atoms with van der Waals surface area (Å²) in [6.45, 7) is 2.31. The predicted molar refractivity (Wildman–Crippen MR) is 53.4 cm³/mol. The fourth-order valence-corrected chi connectivity index (χ4v) is 1.80. The SMILES string of the molecule is CN(C)CCNC1CCCCC1. The second-order valence-electron chi connectivity index (χ2n) is 4.09. The molecule has 1 N–H and O–H groups in total. The number of likely N-dealkylation sites (N-methyl/N-ethyl adjacent to an activating group) is 1. The summed E-state index contributed by atoms with van der Waals surface area (Å²) in [5.74, 6) is 0. The summed E-state index contributed by atoms with van der Waals surface area (Å²) in [6, 6.07) is 0.818. The molecule has 0 spiro atoms. The molecular weight excluding hydrogens is 148 g/mol. The summed E-state index contributed by atoms with van der Waals surface area (Å²) in [5.41, 5.74) is 0. The molecule has 0 heterocycles. The van der Waals surface area contributed by atoms with Crippen LogP contribution in [0.3, 0.4) is 0 Å². The Bertz CT molecular complexity index is 106. The number of hydrogen-bond acceptors (Lipinski definition) is 2. The number of nitrogens with one attached hydrogen (secondary N) is 1. The van der Waals surface area contributed by atoms with Crippen LogP contribution in [0.1, 0.15) is 32.1 Å². The van der Waals surface area contributed by atoms with Gasteiger partial charge in [-0.2, -0.15) is 0 Å². The smallest absolute Gasteiger partial charge is 0.0101 e. The van der Waals surface area contributed by atoms with E-state index in [1.807, 2.05) is 0 Å². The molecular formula is C10H22N2. The Balaban J connectivity index is 1.98. The van der Waals surface area contributed by atoms with Gasteiger partial charge in [-0.3, -0.25) is 0 Å². The first-order valence-corrected chi connectivity index (χ1v) is 5.17. The van der Waals surface area contributed by atoms with Crippen LogP contribution in [0.4, 0.5) is 0 Å². The summed E-state index contributed by atoms with van der Waals surface area (Å²) < 4.78 is 0. The maximum Gasteiger partial charge on any atom is 0.0101 e. The van der Waals surface area contributed by atoms with Crippen molar-refractivity contribution in [2.24, 2.45) is 0 Å². The molecule has 0 aromatic carbocycles. The molecule has 0 saturated heterocycles. The predicted octanol–water partition coefficient (Wildman–Crippen LogP) is 1.47. The molecule has 0 radical (unpaired) electrons. The zero-order valence-electron chi connectivity index (χ0n) is 8.47. The van der Waals surface area contributed by atoms with Crippen molar-refractivity contribution in [1.82, 2.24) is 10.2 Å². The summed E-state index contributed by atoms with van der Waals surface area (Å²) in [7, 11) is 4.26. The van der Waals surface area contributed by atoms with Crippen LogP contribution in [-0.2, 0) is 0 Å². The van der Waals surface area contributed by atoms with Gasteiger partial charge in [0.1, 0.15) is 0 Å². The lowest BCUT2D eigenvalue weighted by Crippen LogP contribution is -2.35. The van der Waals surface area contributed by atoms with Gasteiger partial charge in [-0.25, -0.2) is 0 Å². The van der Waals surface area contributed by atoms with Crippen LogP contribution in [0.15, 0.2) is 0 Å². The van der Waals surface area contributed by atoms with Crippen LogP contribution in [0.2, 0.25) is 0 Å². The summed E-state index contributed by atoms with van der Waals surface area (Å²) in [5, 5.41) is 3.61. The van der Waals surface area contributed by atoms with E-state index >= 15 is 0 Å². The van der Waals surface area contributed by atoms with Crippen molar-refractivity contribution in [2.45, 2.75) is 38.1 Å². The number of rotatable bonds is 4. The molecule has 1 fully saturated rings. The van der Waals surface area contributed by atoms with Crippen molar-refractivity contribution in [3.8, 4) is 0 Å². The maximum atomic E-state index is 3.61. The second-order valence-corrected chi connectivity index (χ2v) is 4.09. The van der Waals surface area contributed by atoms with Gasteiger partial charge in [0.2, 0.25) is 0 Å². The van der Waals surface area contributed by atoms with E-state index < -0.39 is 0 Å². The number of nitrogens with zero attached hydrogens (tertiary/aromatic N) is 1. The van der Waals surface area contributed by atoms with Crippen LogP contribution in [-0.4, -0.2) is 38.1 Å². The van der Waals surface area contributed by atoms with Crippen molar-refractivity contribution in [2.75, 3.05) is 27.2 Å².